The third-order valence-corrected chi connectivity index (χ3v) is 7.29. The van der Waals surface area contributed by atoms with Crippen LogP contribution in [0.5, 0.6) is 5.75 Å². The van der Waals surface area contributed by atoms with Crippen LogP contribution in [-0.2, 0) is 16.1 Å². The van der Waals surface area contributed by atoms with E-state index >= 15 is 0 Å². The van der Waals surface area contributed by atoms with E-state index < -0.39 is 12.0 Å². The number of rotatable bonds is 7. The van der Waals surface area contributed by atoms with Crippen LogP contribution in [0.25, 0.3) is 0 Å². The maximum absolute atomic E-state index is 13.5. The molecule has 1 aliphatic carbocycles. The number of carbonyl (C=O) groups is 2. The Hall–Kier alpha value is -3.44. The molecule has 1 heterocycles. The average Bonchev–Trinajstić information content (AvgIpc) is 2.93. The molecule has 2 aliphatic rings. The van der Waals surface area contributed by atoms with Gasteiger partial charge in [-0.3, -0.25) is 14.5 Å². The van der Waals surface area contributed by atoms with Gasteiger partial charge in [-0.25, -0.2) is 4.39 Å². The largest absolute Gasteiger partial charge is 0.496 e. The molecule has 0 spiro atoms. The van der Waals surface area contributed by atoms with Gasteiger partial charge in [0.2, 0.25) is 11.8 Å². The fourth-order valence-electron chi connectivity index (χ4n) is 5.28. The Morgan fingerprint density at radius 3 is 2.39 bits per heavy atom. The van der Waals surface area contributed by atoms with Crippen LogP contribution in [0, 0.1) is 29.0 Å². The molecule has 4 rings (SSSR count). The van der Waals surface area contributed by atoms with Gasteiger partial charge in [-0.2, -0.15) is 5.26 Å². The summed E-state index contributed by atoms with van der Waals surface area (Å²) < 4.78 is 18.5. The minimum Gasteiger partial charge on any atom is -0.496 e. The van der Waals surface area contributed by atoms with Crippen molar-refractivity contribution in [1.29, 1.82) is 5.26 Å². The Labute approximate surface area is 211 Å². The molecule has 0 aromatic heterocycles. The number of nitriles is 1. The Balaban J connectivity index is 1.37. The predicted molar refractivity (Wildman–Crippen MR) is 133 cm³/mol. The lowest BCUT2D eigenvalue weighted by atomic mass is 9.77. The molecule has 1 N–H and O–H groups in total. The molecule has 1 saturated heterocycles. The zero-order chi connectivity index (χ0) is 25.5. The zero-order valence-electron chi connectivity index (χ0n) is 20.7. The highest BCUT2D eigenvalue weighted by Crippen LogP contribution is 2.33. The molecule has 1 unspecified atom stereocenters. The highest BCUT2D eigenvalue weighted by atomic mass is 19.1. The van der Waals surface area contributed by atoms with Gasteiger partial charge in [0.1, 0.15) is 17.6 Å². The first-order valence-electron chi connectivity index (χ1n) is 12.6. The molecule has 36 heavy (non-hydrogen) atoms. The summed E-state index contributed by atoms with van der Waals surface area (Å²) in [5.41, 5.74) is 1.65. The number of piperazine rings is 1. The normalized spacial score (nSPS) is 21.3. The minimum atomic E-state index is -0.846. The van der Waals surface area contributed by atoms with Crippen molar-refractivity contribution in [3.8, 4) is 11.8 Å². The van der Waals surface area contributed by atoms with E-state index in [1.54, 1.807) is 30.3 Å². The van der Waals surface area contributed by atoms with Crippen molar-refractivity contribution >= 4 is 11.8 Å². The molecule has 2 aromatic carbocycles. The molecule has 1 aliphatic heterocycles. The summed E-state index contributed by atoms with van der Waals surface area (Å²) in [5.74, 6) is -0.751. The first-order valence-corrected chi connectivity index (χ1v) is 12.6. The molecule has 8 heteroatoms. The molecule has 3 atom stereocenters. The number of nitrogens with zero attached hydrogens (tertiary/aromatic N) is 3. The first kappa shape index (κ1) is 25.6. The lowest BCUT2D eigenvalue weighted by Gasteiger charge is -2.39. The van der Waals surface area contributed by atoms with Gasteiger partial charge in [-0.05, 0) is 36.6 Å². The number of para-hydroxylation sites is 1. The number of methoxy groups -OCH3 is 1. The quantitative estimate of drug-likeness (QED) is 0.638. The lowest BCUT2D eigenvalue weighted by Crippen LogP contribution is -2.52. The van der Waals surface area contributed by atoms with Crippen molar-refractivity contribution in [1.82, 2.24) is 15.1 Å². The highest BCUT2D eigenvalue weighted by Gasteiger charge is 2.39. The van der Waals surface area contributed by atoms with E-state index in [0.29, 0.717) is 37.2 Å². The van der Waals surface area contributed by atoms with Crippen LogP contribution in [-0.4, -0.2) is 54.9 Å². The molecule has 2 aromatic rings. The maximum Gasteiger partial charge on any atom is 0.226 e. The van der Waals surface area contributed by atoms with E-state index in [9.17, 15) is 19.2 Å². The van der Waals surface area contributed by atoms with Crippen molar-refractivity contribution in [3.63, 3.8) is 0 Å². The SMILES string of the molecule is COc1ccccc1C(C#N)NC(=O)[C@@H]1CCCC[C@H]1C(=O)N1CCN(Cc2ccc(F)cc2)CC1. The number of nitrogens with one attached hydrogen (secondary N) is 1. The second-order valence-corrected chi connectivity index (χ2v) is 9.54. The molecular formula is C28H33FN4O3. The topological polar surface area (TPSA) is 85.7 Å². The number of hydrogen-bond acceptors (Lipinski definition) is 5. The van der Waals surface area contributed by atoms with E-state index in [2.05, 4.69) is 16.3 Å². The number of halogens is 1. The Kier molecular flexibility index (Phi) is 8.55. The number of ether oxygens (including phenoxy) is 1. The average molecular weight is 493 g/mol. The first-order chi connectivity index (χ1) is 17.5. The Bertz CT molecular complexity index is 1090. The summed E-state index contributed by atoms with van der Waals surface area (Å²) in [6.07, 6.45) is 3.12. The molecule has 190 valence electrons. The third-order valence-electron chi connectivity index (χ3n) is 7.29. The van der Waals surface area contributed by atoms with Gasteiger partial charge in [0.15, 0.2) is 0 Å². The number of carbonyl (C=O) groups excluding carboxylic acids is 2. The van der Waals surface area contributed by atoms with Gasteiger partial charge in [0.25, 0.3) is 0 Å². The highest BCUT2D eigenvalue weighted by molar-refractivity contribution is 5.88. The summed E-state index contributed by atoms with van der Waals surface area (Å²) in [6, 6.07) is 15.0. The zero-order valence-corrected chi connectivity index (χ0v) is 20.7. The summed E-state index contributed by atoms with van der Waals surface area (Å²) >= 11 is 0. The van der Waals surface area contributed by atoms with Crippen molar-refractivity contribution in [2.45, 2.75) is 38.3 Å². The maximum atomic E-state index is 13.5. The van der Waals surface area contributed by atoms with Crippen LogP contribution < -0.4 is 10.1 Å². The number of hydrogen-bond donors (Lipinski definition) is 1. The van der Waals surface area contributed by atoms with Gasteiger partial charge in [0.05, 0.1) is 13.2 Å². The summed E-state index contributed by atoms with van der Waals surface area (Å²) in [7, 11) is 1.53. The van der Waals surface area contributed by atoms with Crippen LogP contribution >= 0.6 is 0 Å². The van der Waals surface area contributed by atoms with Crippen molar-refractivity contribution in [2.75, 3.05) is 33.3 Å². The lowest BCUT2D eigenvalue weighted by molar-refractivity contribution is -0.145. The molecule has 2 amide bonds. The van der Waals surface area contributed by atoms with E-state index in [0.717, 1.165) is 38.0 Å². The summed E-state index contributed by atoms with van der Waals surface area (Å²) in [6.45, 7) is 3.39. The van der Waals surface area contributed by atoms with Gasteiger partial charge in [0, 0.05) is 50.1 Å². The van der Waals surface area contributed by atoms with Gasteiger partial charge in [-0.1, -0.05) is 43.2 Å². The molecule has 2 fully saturated rings. The van der Waals surface area contributed by atoms with Crippen LogP contribution in [0.4, 0.5) is 4.39 Å². The number of amides is 2. The van der Waals surface area contributed by atoms with Gasteiger partial charge in [-0.15, -0.1) is 0 Å². The Morgan fingerprint density at radius 1 is 1.06 bits per heavy atom. The monoisotopic (exact) mass is 492 g/mol. The second kappa shape index (κ2) is 12.0. The van der Waals surface area contributed by atoms with E-state index in [4.69, 9.17) is 4.74 Å². The van der Waals surface area contributed by atoms with E-state index in [1.165, 1.54) is 19.2 Å². The van der Waals surface area contributed by atoms with E-state index in [-0.39, 0.29) is 23.5 Å². The van der Waals surface area contributed by atoms with Crippen molar-refractivity contribution in [2.24, 2.45) is 11.8 Å². The van der Waals surface area contributed by atoms with E-state index in [1.807, 2.05) is 11.0 Å². The summed E-state index contributed by atoms with van der Waals surface area (Å²) in [4.78, 5) is 30.9. The second-order valence-electron chi connectivity index (χ2n) is 9.54. The van der Waals surface area contributed by atoms with Crippen LogP contribution in [0.15, 0.2) is 48.5 Å². The fourth-order valence-corrected chi connectivity index (χ4v) is 5.28. The third kappa shape index (κ3) is 6.03. The van der Waals surface area contributed by atoms with Crippen LogP contribution in [0.2, 0.25) is 0 Å². The fraction of sp³-hybridized carbons (Fsp3) is 0.464. The molecular weight excluding hydrogens is 459 g/mol. The summed E-state index contributed by atoms with van der Waals surface area (Å²) in [5, 5.41) is 12.6. The molecule has 0 bridgehead atoms. The Morgan fingerprint density at radius 2 is 1.72 bits per heavy atom. The van der Waals surface area contributed by atoms with Gasteiger partial charge < -0.3 is 15.0 Å². The molecule has 1 saturated carbocycles. The van der Waals surface area contributed by atoms with Crippen molar-refractivity contribution < 1.29 is 18.7 Å². The molecule has 0 radical (unpaired) electrons. The smallest absolute Gasteiger partial charge is 0.226 e. The number of benzene rings is 2. The standard InChI is InChI=1S/C28H33FN4O3/c1-36-26-9-5-4-8-24(26)25(18-30)31-27(34)22-6-2-3-7-23(22)28(35)33-16-14-32(15-17-33)19-20-10-12-21(29)13-11-20/h4-5,8-13,22-23,25H,2-3,6-7,14-17,19H2,1H3,(H,31,34)/t22-,23-,25?/m1/s1. The predicted octanol–water partition coefficient (Wildman–Crippen LogP) is 3.67. The van der Waals surface area contributed by atoms with Crippen LogP contribution in [0.1, 0.15) is 42.9 Å². The van der Waals surface area contributed by atoms with Crippen molar-refractivity contribution in [3.05, 3.63) is 65.5 Å². The van der Waals surface area contributed by atoms with Crippen LogP contribution in [0.3, 0.4) is 0 Å². The molecule has 7 nitrogen and oxygen atoms in total. The van der Waals surface area contributed by atoms with Gasteiger partial charge >= 0.3 is 0 Å². The minimum absolute atomic E-state index is 0.0297.